The van der Waals surface area contributed by atoms with E-state index in [-0.39, 0.29) is 60.6 Å². The Bertz CT molecular complexity index is 1410. The highest BCUT2D eigenvalue weighted by atomic mass is 35.5. The van der Waals surface area contributed by atoms with E-state index in [9.17, 15) is 13.2 Å². The predicted octanol–water partition coefficient (Wildman–Crippen LogP) is 4.03. The second kappa shape index (κ2) is 14.1. The number of rotatable bonds is 10. The first-order chi connectivity index (χ1) is 19.2. The Morgan fingerprint density at radius 1 is 1.05 bits per heavy atom. The smallest absolute Gasteiger partial charge is 0.231 e. The van der Waals surface area contributed by atoms with Crippen molar-refractivity contribution in [3.63, 3.8) is 0 Å². The van der Waals surface area contributed by atoms with E-state index >= 15 is 0 Å². The number of hydrogen-bond donors (Lipinski definition) is 2. The van der Waals surface area contributed by atoms with Gasteiger partial charge in [-0.2, -0.15) is 0 Å². The zero-order valence-electron chi connectivity index (χ0n) is 24.1. The first kappa shape index (κ1) is 33.7. The third-order valence-electron chi connectivity index (χ3n) is 8.63. The summed E-state index contributed by atoms with van der Waals surface area (Å²) in [6, 6.07) is 26.5. The van der Waals surface area contributed by atoms with Gasteiger partial charge in [0.1, 0.15) is 5.75 Å². The van der Waals surface area contributed by atoms with Crippen molar-refractivity contribution in [2.75, 3.05) is 37.8 Å². The van der Waals surface area contributed by atoms with Gasteiger partial charge in [0.05, 0.1) is 25.0 Å². The first-order valence-electron chi connectivity index (χ1n) is 13.7. The van der Waals surface area contributed by atoms with Gasteiger partial charge in [-0.15, -0.1) is 24.8 Å². The molecule has 0 aliphatic carbocycles. The highest BCUT2D eigenvalue weighted by Crippen LogP contribution is 2.44. The largest absolute Gasteiger partial charge is 0.496 e. The maximum Gasteiger partial charge on any atom is 0.231 e. The SMILES string of the molecule is COc1ccc(N(C)S(C)(=O)=O)cc1CN[C@H]1[C@H]2CCN(C[C@@H]2C(N)=O)[C@@H]1C(c1ccccc1)c1ccccc1.Cl.Cl. The topological polar surface area (TPSA) is 105 Å². The van der Waals surface area contributed by atoms with E-state index in [0.717, 1.165) is 18.5 Å². The van der Waals surface area contributed by atoms with E-state index in [1.807, 2.05) is 18.2 Å². The van der Waals surface area contributed by atoms with Crippen molar-refractivity contribution in [3.8, 4) is 5.75 Å². The minimum absolute atomic E-state index is 0. The fourth-order valence-electron chi connectivity index (χ4n) is 6.59. The maximum absolute atomic E-state index is 12.6. The number of piperidine rings is 3. The van der Waals surface area contributed by atoms with E-state index in [0.29, 0.717) is 24.5 Å². The van der Waals surface area contributed by atoms with Gasteiger partial charge >= 0.3 is 0 Å². The Labute approximate surface area is 261 Å². The molecule has 5 atom stereocenters. The van der Waals surface area contributed by atoms with E-state index in [1.54, 1.807) is 26.3 Å². The molecule has 0 aromatic heterocycles. The Kier molecular flexibility index (Phi) is 11.3. The van der Waals surface area contributed by atoms with Gasteiger partial charge in [0.25, 0.3) is 0 Å². The normalized spacial score (nSPS) is 23.0. The van der Waals surface area contributed by atoms with Crippen LogP contribution in [0.2, 0.25) is 0 Å². The summed E-state index contributed by atoms with van der Waals surface area (Å²) in [6.45, 7) is 2.00. The van der Waals surface area contributed by atoms with Gasteiger partial charge < -0.3 is 15.8 Å². The Morgan fingerprint density at radius 2 is 1.64 bits per heavy atom. The summed E-state index contributed by atoms with van der Waals surface area (Å²) in [5.74, 6) is 0.339. The zero-order valence-corrected chi connectivity index (χ0v) is 26.5. The number of nitrogens with one attached hydrogen (secondary N) is 1. The molecule has 42 heavy (non-hydrogen) atoms. The number of halogens is 2. The van der Waals surface area contributed by atoms with E-state index in [2.05, 4.69) is 58.7 Å². The van der Waals surface area contributed by atoms with Crippen molar-refractivity contribution in [3.05, 3.63) is 95.6 Å². The molecule has 6 rings (SSSR count). The fourth-order valence-corrected chi connectivity index (χ4v) is 7.09. The van der Waals surface area contributed by atoms with Gasteiger partial charge in [0.15, 0.2) is 0 Å². The number of sulfonamides is 1. The molecule has 3 aromatic rings. The van der Waals surface area contributed by atoms with Gasteiger partial charge in [-0.1, -0.05) is 60.7 Å². The second-order valence-electron chi connectivity index (χ2n) is 10.9. The van der Waals surface area contributed by atoms with Gasteiger partial charge in [-0.25, -0.2) is 8.42 Å². The van der Waals surface area contributed by atoms with Crippen molar-refractivity contribution in [1.29, 1.82) is 0 Å². The number of nitrogens with two attached hydrogens (primary N) is 1. The summed E-state index contributed by atoms with van der Waals surface area (Å²) in [7, 11) is -0.266. The fraction of sp³-hybridized carbons (Fsp3) is 0.387. The number of carbonyl (C=O) groups is 1. The van der Waals surface area contributed by atoms with Crippen molar-refractivity contribution in [2.24, 2.45) is 17.6 Å². The number of fused-ring (bicyclic) bond motifs is 3. The zero-order chi connectivity index (χ0) is 28.4. The van der Waals surface area contributed by atoms with Crippen LogP contribution in [-0.4, -0.2) is 64.8 Å². The molecule has 0 radical (unpaired) electrons. The summed E-state index contributed by atoms with van der Waals surface area (Å²) >= 11 is 0. The molecule has 0 saturated carbocycles. The molecular formula is C31H40Cl2N4O4S. The average Bonchev–Trinajstić information content (AvgIpc) is 2.97. The van der Waals surface area contributed by atoms with Crippen molar-refractivity contribution in [2.45, 2.75) is 31.0 Å². The third-order valence-corrected chi connectivity index (χ3v) is 9.83. The molecular weight excluding hydrogens is 595 g/mol. The number of nitrogens with zero attached hydrogens (tertiary/aromatic N) is 2. The summed E-state index contributed by atoms with van der Waals surface area (Å²) in [5.41, 5.74) is 9.79. The molecule has 3 N–H and O–H groups in total. The molecule has 3 heterocycles. The van der Waals surface area contributed by atoms with Crippen molar-refractivity contribution >= 4 is 46.4 Å². The summed E-state index contributed by atoms with van der Waals surface area (Å²) in [5, 5.41) is 3.81. The molecule has 0 spiro atoms. The number of amides is 1. The highest BCUT2D eigenvalue weighted by Gasteiger charge is 2.51. The number of benzene rings is 3. The van der Waals surface area contributed by atoms with E-state index in [1.165, 1.54) is 21.7 Å². The molecule has 228 valence electrons. The lowest BCUT2D eigenvalue weighted by atomic mass is 9.66. The maximum atomic E-state index is 12.6. The van der Waals surface area contributed by atoms with Crippen LogP contribution in [0, 0.1) is 11.8 Å². The molecule has 3 aliphatic rings. The Hall–Kier alpha value is -2.82. The van der Waals surface area contributed by atoms with Gasteiger partial charge in [-0.3, -0.25) is 14.0 Å². The van der Waals surface area contributed by atoms with Crippen LogP contribution < -0.4 is 20.1 Å². The third kappa shape index (κ3) is 6.87. The molecule has 1 amide bonds. The molecule has 11 heteroatoms. The minimum Gasteiger partial charge on any atom is -0.496 e. The number of carbonyl (C=O) groups excluding carboxylic acids is 1. The van der Waals surface area contributed by atoms with Gasteiger partial charge in [0, 0.05) is 43.7 Å². The summed E-state index contributed by atoms with van der Waals surface area (Å²) < 4.78 is 31.3. The van der Waals surface area contributed by atoms with E-state index < -0.39 is 10.0 Å². The molecule has 2 bridgehead atoms. The highest BCUT2D eigenvalue weighted by molar-refractivity contribution is 7.92. The van der Waals surface area contributed by atoms with Crippen molar-refractivity contribution in [1.82, 2.24) is 10.2 Å². The Balaban J connectivity index is 0.00000242. The summed E-state index contributed by atoms with van der Waals surface area (Å²) in [4.78, 5) is 15.0. The monoisotopic (exact) mass is 634 g/mol. The minimum atomic E-state index is -3.42. The number of ether oxygens (including phenoxy) is 1. The number of hydrogen-bond acceptors (Lipinski definition) is 6. The Morgan fingerprint density at radius 3 is 2.17 bits per heavy atom. The number of methoxy groups -OCH3 is 1. The average molecular weight is 636 g/mol. The van der Waals surface area contributed by atoms with Crippen LogP contribution in [-0.2, 0) is 21.4 Å². The standard InChI is InChI=1S/C31H38N4O4S.2ClH/c1-34(40(3,37)38)24-14-15-27(39-2)23(18-24)19-33-29-25-16-17-35(20-26(25)31(32)36)30(29)28(21-10-6-4-7-11-21)22-12-8-5-9-13-22;;/h4-15,18,25-26,28-30,33H,16-17,19-20H2,1-3H3,(H2,32,36);2*1H/t25-,26-,29-,30+;;/m0../s1. The van der Waals surface area contributed by atoms with E-state index in [4.69, 9.17) is 10.5 Å². The van der Waals surface area contributed by atoms with Gasteiger partial charge in [-0.05, 0) is 48.2 Å². The lowest BCUT2D eigenvalue weighted by Gasteiger charge is -2.56. The molecule has 8 nitrogen and oxygen atoms in total. The van der Waals surface area contributed by atoms with Crippen LogP contribution >= 0.6 is 24.8 Å². The molecule has 3 fully saturated rings. The van der Waals surface area contributed by atoms with Crippen LogP contribution in [0.5, 0.6) is 5.75 Å². The van der Waals surface area contributed by atoms with Crippen LogP contribution in [0.4, 0.5) is 5.69 Å². The first-order valence-corrected chi connectivity index (χ1v) is 15.5. The van der Waals surface area contributed by atoms with Crippen LogP contribution in [0.3, 0.4) is 0 Å². The van der Waals surface area contributed by atoms with Crippen LogP contribution in [0.25, 0.3) is 0 Å². The molecule has 3 saturated heterocycles. The quantitative estimate of drug-likeness (QED) is 0.349. The number of primary amides is 1. The van der Waals surface area contributed by atoms with Crippen molar-refractivity contribution < 1.29 is 17.9 Å². The molecule has 3 aromatic carbocycles. The number of anilines is 1. The predicted molar refractivity (Wildman–Crippen MR) is 172 cm³/mol. The van der Waals surface area contributed by atoms with Crippen LogP contribution in [0.1, 0.15) is 29.0 Å². The van der Waals surface area contributed by atoms with Gasteiger partial charge in [0.2, 0.25) is 15.9 Å². The molecule has 3 aliphatic heterocycles. The molecule has 1 unspecified atom stereocenters. The summed E-state index contributed by atoms with van der Waals surface area (Å²) in [6.07, 6.45) is 2.07. The lowest BCUT2D eigenvalue weighted by molar-refractivity contribution is -0.132. The second-order valence-corrected chi connectivity index (χ2v) is 12.9. The van der Waals surface area contributed by atoms with Crippen LogP contribution in [0.15, 0.2) is 78.9 Å². The lowest BCUT2D eigenvalue weighted by Crippen LogP contribution is -2.68.